The molecule has 3 heterocycles. The van der Waals surface area contributed by atoms with Gasteiger partial charge < -0.3 is 9.84 Å². The second-order valence-electron chi connectivity index (χ2n) is 6.36. The molecular weight excluding hydrogens is 344 g/mol. The lowest BCUT2D eigenvalue weighted by Crippen LogP contribution is -2.26. The van der Waals surface area contributed by atoms with Gasteiger partial charge in [-0.3, -0.25) is 4.79 Å². The summed E-state index contributed by atoms with van der Waals surface area (Å²) in [6.45, 7) is 5.74. The molecule has 0 unspecified atom stereocenters. The van der Waals surface area contributed by atoms with Crippen molar-refractivity contribution in [2.24, 2.45) is 0 Å². The topological polar surface area (TPSA) is 98.2 Å². The average Bonchev–Trinajstić information content (AvgIpc) is 3.29. The Kier molecular flexibility index (Phi) is 4.15. The van der Waals surface area contributed by atoms with Gasteiger partial charge >= 0.3 is 11.8 Å². The Hall–Kier alpha value is -3.55. The number of nitrogens with one attached hydrogen (secondary N) is 1. The van der Waals surface area contributed by atoms with Crippen LogP contribution >= 0.6 is 0 Å². The van der Waals surface area contributed by atoms with E-state index in [1.54, 1.807) is 10.7 Å². The summed E-state index contributed by atoms with van der Waals surface area (Å²) < 4.78 is 6.86. The number of fused-ring (bicyclic) bond motifs is 1. The molecule has 0 spiro atoms. The minimum absolute atomic E-state index is 0.100. The Balaban J connectivity index is 1.60. The number of aryl methyl sites for hydroxylation is 2. The second kappa shape index (κ2) is 6.64. The Bertz CT molecular complexity index is 1120. The summed E-state index contributed by atoms with van der Waals surface area (Å²) in [5, 5.41) is 11.1. The van der Waals surface area contributed by atoms with Crippen LogP contribution < -0.4 is 5.32 Å². The van der Waals surface area contributed by atoms with Crippen molar-refractivity contribution >= 4 is 11.6 Å². The first-order valence-corrected chi connectivity index (χ1v) is 8.55. The third-order valence-corrected chi connectivity index (χ3v) is 4.29. The van der Waals surface area contributed by atoms with Crippen molar-refractivity contribution in [2.45, 2.75) is 26.8 Å². The lowest BCUT2D eigenvalue weighted by Gasteiger charge is -2.12. The first-order chi connectivity index (χ1) is 13.0. The van der Waals surface area contributed by atoms with Crippen molar-refractivity contribution in [2.75, 3.05) is 0 Å². The minimum Gasteiger partial charge on any atom is -0.341 e. The van der Waals surface area contributed by atoms with Crippen LogP contribution in [-0.4, -0.2) is 30.6 Å². The number of carbonyl (C=O) groups is 1. The summed E-state index contributed by atoms with van der Waals surface area (Å²) in [5.41, 5.74) is 4.03. The highest BCUT2D eigenvalue weighted by Crippen LogP contribution is 2.22. The van der Waals surface area contributed by atoms with Crippen molar-refractivity contribution in [1.82, 2.24) is 30.1 Å². The highest BCUT2D eigenvalue weighted by molar-refractivity contribution is 5.90. The Labute approximate surface area is 155 Å². The molecule has 0 bridgehead atoms. The van der Waals surface area contributed by atoms with Crippen LogP contribution in [0, 0.1) is 13.8 Å². The van der Waals surface area contributed by atoms with E-state index in [1.165, 1.54) is 0 Å². The van der Waals surface area contributed by atoms with Crippen LogP contribution in [0.1, 0.15) is 40.6 Å². The molecule has 3 aromatic heterocycles. The van der Waals surface area contributed by atoms with E-state index in [1.807, 2.05) is 57.2 Å². The zero-order chi connectivity index (χ0) is 19.0. The monoisotopic (exact) mass is 362 g/mol. The molecule has 0 aliphatic carbocycles. The molecular formula is C19H18N6O2. The van der Waals surface area contributed by atoms with Crippen LogP contribution in [0.15, 0.2) is 47.1 Å². The van der Waals surface area contributed by atoms with E-state index in [2.05, 4.69) is 25.5 Å². The molecule has 0 aliphatic rings. The maximum absolute atomic E-state index is 12.4. The molecule has 0 fully saturated rings. The molecule has 8 nitrogen and oxygen atoms in total. The van der Waals surface area contributed by atoms with Gasteiger partial charge in [0.25, 0.3) is 0 Å². The van der Waals surface area contributed by atoms with E-state index in [9.17, 15) is 4.79 Å². The molecule has 0 saturated heterocycles. The summed E-state index contributed by atoms with van der Waals surface area (Å²) in [6, 6.07) is 11.4. The average molecular weight is 362 g/mol. The molecule has 27 heavy (non-hydrogen) atoms. The van der Waals surface area contributed by atoms with Crippen LogP contribution in [-0.2, 0) is 0 Å². The zero-order valence-electron chi connectivity index (χ0n) is 15.2. The fourth-order valence-electron chi connectivity index (χ4n) is 2.94. The van der Waals surface area contributed by atoms with E-state index >= 15 is 0 Å². The third kappa shape index (κ3) is 3.17. The predicted octanol–water partition coefficient (Wildman–Crippen LogP) is 2.89. The van der Waals surface area contributed by atoms with Gasteiger partial charge in [0.2, 0.25) is 5.82 Å². The van der Waals surface area contributed by atoms with Gasteiger partial charge in [0.1, 0.15) is 0 Å². The Morgan fingerprint density at radius 2 is 1.96 bits per heavy atom. The molecule has 1 N–H and O–H groups in total. The van der Waals surface area contributed by atoms with E-state index in [0.717, 1.165) is 17.0 Å². The van der Waals surface area contributed by atoms with Crippen LogP contribution in [0.2, 0.25) is 0 Å². The van der Waals surface area contributed by atoms with Crippen molar-refractivity contribution in [3.05, 3.63) is 65.4 Å². The molecule has 1 atom stereocenters. The number of hydrogen-bond donors (Lipinski definition) is 1. The third-order valence-electron chi connectivity index (χ3n) is 4.29. The van der Waals surface area contributed by atoms with Gasteiger partial charge in [-0.25, -0.2) is 9.50 Å². The van der Waals surface area contributed by atoms with E-state index in [-0.39, 0.29) is 17.8 Å². The van der Waals surface area contributed by atoms with Crippen LogP contribution in [0.3, 0.4) is 0 Å². The number of carbonyl (C=O) groups excluding carboxylic acids is 1. The maximum Gasteiger partial charge on any atom is 0.316 e. The molecule has 1 amide bonds. The number of benzene rings is 1. The first-order valence-electron chi connectivity index (χ1n) is 8.55. The highest BCUT2D eigenvalue weighted by atomic mass is 16.5. The van der Waals surface area contributed by atoms with E-state index in [4.69, 9.17) is 4.52 Å². The molecule has 4 rings (SSSR count). The number of hydrogen-bond acceptors (Lipinski definition) is 6. The second-order valence-corrected chi connectivity index (χ2v) is 6.36. The number of nitrogens with zero attached hydrogens (tertiary/aromatic N) is 5. The van der Waals surface area contributed by atoms with E-state index in [0.29, 0.717) is 11.2 Å². The van der Waals surface area contributed by atoms with Gasteiger partial charge in [-0.05, 0) is 32.4 Å². The molecule has 136 valence electrons. The number of amides is 1. The Morgan fingerprint density at radius 3 is 2.74 bits per heavy atom. The summed E-state index contributed by atoms with van der Waals surface area (Å²) in [7, 11) is 0. The van der Waals surface area contributed by atoms with Crippen LogP contribution in [0.4, 0.5) is 0 Å². The van der Waals surface area contributed by atoms with Gasteiger partial charge in [0.05, 0.1) is 17.8 Å². The number of rotatable bonds is 4. The lowest BCUT2D eigenvalue weighted by atomic mass is 10.1. The highest BCUT2D eigenvalue weighted by Gasteiger charge is 2.21. The normalized spacial score (nSPS) is 12.3. The van der Waals surface area contributed by atoms with Gasteiger partial charge in [-0.15, -0.1) is 0 Å². The van der Waals surface area contributed by atoms with E-state index < -0.39 is 5.91 Å². The lowest BCUT2D eigenvalue weighted by molar-refractivity contribution is 0.0895. The maximum atomic E-state index is 12.4. The van der Waals surface area contributed by atoms with Gasteiger partial charge in [0.15, 0.2) is 5.65 Å². The van der Waals surface area contributed by atoms with Gasteiger partial charge in [-0.2, -0.15) is 10.1 Å². The fraction of sp³-hybridized carbons (Fsp3) is 0.211. The molecule has 0 aliphatic heterocycles. The summed E-state index contributed by atoms with van der Waals surface area (Å²) in [6.07, 6.45) is 1.62. The largest absolute Gasteiger partial charge is 0.341 e. The molecule has 0 saturated carbocycles. The predicted molar refractivity (Wildman–Crippen MR) is 98.1 cm³/mol. The summed E-state index contributed by atoms with van der Waals surface area (Å²) >= 11 is 0. The SMILES string of the molecule is Cc1cc(C)n2ncc(-c3noc(C(=O)N[C@H](C)c4ccccc4)n3)c2n1. The minimum atomic E-state index is -0.429. The fourth-order valence-corrected chi connectivity index (χ4v) is 2.94. The molecule has 8 heteroatoms. The quantitative estimate of drug-likeness (QED) is 0.599. The summed E-state index contributed by atoms with van der Waals surface area (Å²) in [5.74, 6) is -0.251. The van der Waals surface area contributed by atoms with Crippen molar-refractivity contribution < 1.29 is 9.32 Å². The molecule has 4 aromatic rings. The molecule has 1 aromatic carbocycles. The van der Waals surface area contributed by atoms with Gasteiger partial charge in [0, 0.05) is 11.4 Å². The van der Waals surface area contributed by atoms with Crippen molar-refractivity contribution in [1.29, 1.82) is 0 Å². The smallest absolute Gasteiger partial charge is 0.316 e. The number of aromatic nitrogens is 5. The standard InChI is InChI=1S/C19H18N6O2/c1-11-9-12(2)25-17(21-11)15(10-20-25)16-23-19(27-24-16)18(26)22-13(3)14-7-5-4-6-8-14/h4-10,13H,1-3H3,(H,22,26)/t13-/m1/s1. The van der Waals surface area contributed by atoms with Crippen LogP contribution in [0.5, 0.6) is 0 Å². The summed E-state index contributed by atoms with van der Waals surface area (Å²) in [4.78, 5) is 21.2. The van der Waals surface area contributed by atoms with Crippen molar-refractivity contribution in [3.63, 3.8) is 0 Å². The zero-order valence-corrected chi connectivity index (χ0v) is 15.2. The van der Waals surface area contributed by atoms with Gasteiger partial charge in [-0.1, -0.05) is 35.5 Å². The molecule has 0 radical (unpaired) electrons. The Morgan fingerprint density at radius 1 is 1.19 bits per heavy atom. The first kappa shape index (κ1) is 16.9. The van der Waals surface area contributed by atoms with Crippen molar-refractivity contribution in [3.8, 4) is 11.4 Å². The van der Waals surface area contributed by atoms with Crippen LogP contribution in [0.25, 0.3) is 17.0 Å².